The molecule has 1 aliphatic carbocycles. The zero-order chi connectivity index (χ0) is 30.9. The number of likely N-dealkylation sites (tertiary alicyclic amines) is 1. The van der Waals surface area contributed by atoms with Crippen molar-refractivity contribution >= 4 is 25.5 Å². The molecule has 6 nitrogen and oxygen atoms in total. The van der Waals surface area contributed by atoms with E-state index in [9.17, 15) is 48.2 Å². The Morgan fingerprint density at radius 1 is 0.929 bits per heavy atom. The Hall–Kier alpha value is -2.68. The van der Waals surface area contributed by atoms with Gasteiger partial charge in [0.25, 0.3) is 0 Å². The van der Waals surface area contributed by atoms with Gasteiger partial charge in [0, 0.05) is 39.3 Å². The number of alkyl halides is 7. The fraction of sp³-hybridized carbons (Fsp3) is 0.519. The molecule has 2 aliphatic heterocycles. The van der Waals surface area contributed by atoms with E-state index in [1.54, 1.807) is 6.07 Å². The number of aryl methyl sites for hydroxylation is 1. The molecule has 3 aliphatic rings. The number of halogens is 7. The largest absolute Gasteiger partial charge is 0.435 e. The first-order valence-electron chi connectivity index (χ1n) is 13.2. The molecule has 0 bridgehead atoms. The number of rotatable bonds is 4. The Bertz CT molecular complexity index is 1580. The smallest absolute Gasteiger partial charge is 0.337 e. The number of carbonyl (C=O) groups excluding carboxylic acids is 1. The Morgan fingerprint density at radius 2 is 1.52 bits per heavy atom. The van der Waals surface area contributed by atoms with Gasteiger partial charge < -0.3 is 4.90 Å². The first-order chi connectivity index (χ1) is 19.4. The van der Waals surface area contributed by atoms with Crippen molar-refractivity contribution in [2.75, 3.05) is 18.1 Å². The van der Waals surface area contributed by atoms with Gasteiger partial charge in [0.15, 0.2) is 9.84 Å². The van der Waals surface area contributed by atoms with Crippen molar-refractivity contribution in [3.05, 3.63) is 65.2 Å². The lowest BCUT2D eigenvalue weighted by Crippen LogP contribution is -2.54. The molecule has 15 heteroatoms. The van der Waals surface area contributed by atoms with Crippen molar-refractivity contribution in [3.8, 4) is 0 Å². The predicted octanol–water partition coefficient (Wildman–Crippen LogP) is 5.65. The highest BCUT2D eigenvalue weighted by molar-refractivity contribution is 7.92. The van der Waals surface area contributed by atoms with Crippen LogP contribution in [-0.4, -0.2) is 59.9 Å². The summed E-state index contributed by atoms with van der Waals surface area (Å²) in [4.78, 5) is 14.9. The molecular formula is C27H27F7N2O4S2. The average Bonchev–Trinajstić information content (AvgIpc) is 3.33. The summed E-state index contributed by atoms with van der Waals surface area (Å²) < 4.78 is 143. The number of nitrogens with one attached hydrogen (secondary N) is 1. The second-order valence-electron chi connectivity index (χ2n) is 11.1. The molecule has 2 aromatic rings. The van der Waals surface area contributed by atoms with Crippen LogP contribution in [0, 0.1) is 10.7 Å². The van der Waals surface area contributed by atoms with Crippen molar-refractivity contribution in [1.82, 2.24) is 4.90 Å². The molecule has 230 valence electrons. The summed E-state index contributed by atoms with van der Waals surface area (Å²) in [7, 11) is -7.20. The second kappa shape index (κ2) is 9.93. The Balaban J connectivity index is 1.64. The third-order valence-corrected chi connectivity index (χ3v) is 13.2. The third kappa shape index (κ3) is 4.52. The highest BCUT2D eigenvalue weighted by Crippen LogP contribution is 2.57. The van der Waals surface area contributed by atoms with E-state index in [0.717, 1.165) is 6.07 Å². The van der Waals surface area contributed by atoms with Gasteiger partial charge in [0.05, 0.1) is 10.9 Å². The van der Waals surface area contributed by atoms with Gasteiger partial charge in [-0.2, -0.15) is 26.3 Å². The normalized spacial score (nSPS) is 28.7. The molecule has 2 fully saturated rings. The number of nitrogens with zero attached hydrogens (tertiary/aromatic N) is 1. The lowest BCUT2D eigenvalue weighted by atomic mass is 9.76. The van der Waals surface area contributed by atoms with Crippen molar-refractivity contribution in [2.24, 2.45) is 5.92 Å². The molecule has 42 heavy (non-hydrogen) atoms. The number of benzene rings is 2. The van der Waals surface area contributed by atoms with Crippen LogP contribution in [0.3, 0.4) is 0 Å². The minimum Gasteiger partial charge on any atom is -0.337 e. The number of amides is 1. The fourth-order valence-corrected chi connectivity index (χ4v) is 10.6. The van der Waals surface area contributed by atoms with Crippen LogP contribution < -0.4 is 0 Å². The molecule has 2 aromatic carbocycles. The van der Waals surface area contributed by atoms with Gasteiger partial charge in [-0.15, -0.1) is 0 Å². The predicted molar refractivity (Wildman–Crippen MR) is 138 cm³/mol. The van der Waals surface area contributed by atoms with Crippen LogP contribution in [-0.2, 0) is 41.2 Å². The van der Waals surface area contributed by atoms with Crippen LogP contribution in [0.1, 0.15) is 42.4 Å². The van der Waals surface area contributed by atoms with Gasteiger partial charge in [-0.05, 0) is 55.4 Å². The SMILES string of the molecule is N=S1(=O)CCC(C(=O)N2CCC3(S(=O)(=O)c4ccccc4)c4ccc(C(F)(C(F)(F)F)C(F)(F)F)cc4CCC23)CC1. The first kappa shape index (κ1) is 30.8. The van der Waals surface area contributed by atoms with Crippen molar-refractivity contribution in [3.63, 3.8) is 0 Å². The summed E-state index contributed by atoms with van der Waals surface area (Å²) >= 11 is 0. The van der Waals surface area contributed by atoms with E-state index in [2.05, 4.69) is 0 Å². The van der Waals surface area contributed by atoms with E-state index >= 15 is 0 Å². The molecule has 0 aromatic heterocycles. The molecule has 2 atom stereocenters. The van der Waals surface area contributed by atoms with Gasteiger partial charge in [-0.1, -0.05) is 36.4 Å². The fourth-order valence-electron chi connectivity index (χ4n) is 6.70. The zero-order valence-corrected chi connectivity index (χ0v) is 23.6. The topological polar surface area (TPSA) is 95.4 Å². The quantitative estimate of drug-likeness (QED) is 0.438. The van der Waals surface area contributed by atoms with Crippen molar-refractivity contribution in [2.45, 2.75) is 65.8 Å². The van der Waals surface area contributed by atoms with Gasteiger partial charge in [0.2, 0.25) is 5.91 Å². The maximum atomic E-state index is 14.9. The highest BCUT2D eigenvalue weighted by Gasteiger charge is 2.74. The molecule has 1 amide bonds. The Kier molecular flexibility index (Phi) is 7.27. The van der Waals surface area contributed by atoms with Crippen LogP contribution in [0.2, 0.25) is 0 Å². The summed E-state index contributed by atoms with van der Waals surface area (Å²) in [5.41, 5.74) is -7.60. The Labute approximate surface area is 238 Å². The summed E-state index contributed by atoms with van der Waals surface area (Å²) in [6, 6.07) is 7.75. The molecular weight excluding hydrogens is 613 g/mol. The molecule has 2 saturated heterocycles. The average molecular weight is 641 g/mol. The molecule has 0 radical (unpaired) electrons. The third-order valence-electron chi connectivity index (χ3n) is 8.82. The lowest BCUT2D eigenvalue weighted by Gasteiger charge is -2.43. The lowest BCUT2D eigenvalue weighted by molar-refractivity contribution is -0.348. The second-order valence-corrected chi connectivity index (χ2v) is 15.7. The molecule has 2 heterocycles. The zero-order valence-electron chi connectivity index (χ0n) is 22.0. The number of fused-ring (bicyclic) bond motifs is 3. The van der Waals surface area contributed by atoms with E-state index in [4.69, 9.17) is 4.78 Å². The molecule has 0 saturated carbocycles. The molecule has 1 N–H and O–H groups in total. The van der Waals surface area contributed by atoms with Gasteiger partial charge in [-0.3, -0.25) is 9.57 Å². The van der Waals surface area contributed by atoms with Crippen molar-refractivity contribution < 1.29 is 48.2 Å². The van der Waals surface area contributed by atoms with Crippen LogP contribution >= 0.6 is 0 Å². The molecule has 5 rings (SSSR count). The number of hydrogen-bond donors (Lipinski definition) is 1. The van der Waals surface area contributed by atoms with Crippen LogP contribution in [0.25, 0.3) is 0 Å². The van der Waals surface area contributed by atoms with E-state index < -0.39 is 65.8 Å². The summed E-state index contributed by atoms with van der Waals surface area (Å²) in [6.07, 6.45) is -12.8. The van der Waals surface area contributed by atoms with Crippen LogP contribution in [0.15, 0.2) is 53.4 Å². The maximum absolute atomic E-state index is 14.9. The maximum Gasteiger partial charge on any atom is 0.435 e. The molecule has 0 spiro atoms. The van der Waals surface area contributed by atoms with E-state index in [1.165, 1.54) is 29.2 Å². The monoisotopic (exact) mass is 640 g/mol. The van der Waals surface area contributed by atoms with E-state index in [0.29, 0.717) is 12.1 Å². The standard InChI is InChI=1S/C27H27F7N2O4S2/c28-25(26(29,30)31,27(32,33)34)19-7-8-21-18(16-19)6-9-22-24(21,42(39,40)20-4-2-1-3-5-20)12-13-36(22)23(37)17-10-14-41(35,38)15-11-17/h1-5,7-8,16-17,22,35H,6,9-15H2. The summed E-state index contributed by atoms with van der Waals surface area (Å²) in [6.45, 7) is -0.0539. The van der Waals surface area contributed by atoms with E-state index in [-0.39, 0.29) is 66.2 Å². The van der Waals surface area contributed by atoms with Gasteiger partial charge in [0.1, 0.15) is 4.75 Å². The summed E-state index contributed by atoms with van der Waals surface area (Å²) in [5, 5.41) is 0. The van der Waals surface area contributed by atoms with Crippen LogP contribution in [0.4, 0.5) is 30.7 Å². The van der Waals surface area contributed by atoms with Crippen molar-refractivity contribution in [1.29, 1.82) is 4.78 Å². The first-order valence-corrected chi connectivity index (χ1v) is 16.6. The minimum absolute atomic E-state index is 0.0182. The summed E-state index contributed by atoms with van der Waals surface area (Å²) in [5.74, 6) is -0.957. The number of carbonyl (C=O) groups is 1. The van der Waals surface area contributed by atoms with Crippen LogP contribution in [0.5, 0.6) is 0 Å². The van der Waals surface area contributed by atoms with Gasteiger partial charge >= 0.3 is 18.0 Å². The molecule has 2 unspecified atom stereocenters. The van der Waals surface area contributed by atoms with E-state index in [1.807, 2.05) is 0 Å². The number of sulfone groups is 1. The van der Waals surface area contributed by atoms with Gasteiger partial charge in [-0.25, -0.2) is 17.0 Å². The highest BCUT2D eigenvalue weighted by atomic mass is 32.2. The minimum atomic E-state index is -6.33. The Morgan fingerprint density at radius 3 is 2.10 bits per heavy atom. The number of hydrogen-bond acceptors (Lipinski definition) is 5.